The number of ether oxygens (including phenoxy) is 1. The van der Waals surface area contributed by atoms with Gasteiger partial charge in [-0.3, -0.25) is 4.99 Å². The maximum absolute atomic E-state index is 12.8. The van der Waals surface area contributed by atoms with Crippen LogP contribution in [0.3, 0.4) is 0 Å². The fourth-order valence-electron chi connectivity index (χ4n) is 3.01. The molecule has 0 saturated carbocycles. The zero-order valence-electron chi connectivity index (χ0n) is 18.1. The molecule has 158 valence electrons. The summed E-state index contributed by atoms with van der Waals surface area (Å²) in [6.07, 6.45) is 4.28. The number of unbranched alkanes of at least 4 members (excludes halogenated alkanes) is 2. The molecule has 6 heteroatoms. The van der Waals surface area contributed by atoms with E-state index in [9.17, 15) is 4.79 Å². The standard InChI is InChI=1S/C23H32N2O2S2/c1-7-9-10-12-15(3)17(16-13-11-14-28-16)18-19(24)20(29-21(18)25-8-2)22(26)27-23(4,5)6/h11,13-14H,3,7-10,12,24H2,1-2,4-6H3/b18-17+,25-21?. The van der Waals surface area contributed by atoms with E-state index in [4.69, 9.17) is 10.5 Å². The Morgan fingerprint density at radius 1 is 1.28 bits per heavy atom. The molecule has 29 heavy (non-hydrogen) atoms. The highest BCUT2D eigenvalue weighted by atomic mass is 32.2. The van der Waals surface area contributed by atoms with E-state index in [2.05, 4.69) is 24.6 Å². The van der Waals surface area contributed by atoms with Gasteiger partial charge in [-0.05, 0) is 57.6 Å². The van der Waals surface area contributed by atoms with Crippen molar-refractivity contribution >= 4 is 39.7 Å². The van der Waals surface area contributed by atoms with Crippen LogP contribution in [0, 0.1) is 0 Å². The van der Waals surface area contributed by atoms with Gasteiger partial charge in [0.15, 0.2) is 0 Å². The summed E-state index contributed by atoms with van der Waals surface area (Å²) >= 11 is 2.96. The molecule has 1 aromatic rings. The lowest BCUT2D eigenvalue weighted by molar-refractivity contribution is -0.148. The lowest BCUT2D eigenvalue weighted by atomic mass is 9.94. The minimum atomic E-state index is -0.584. The predicted octanol–water partition coefficient (Wildman–Crippen LogP) is 6.32. The molecule has 0 fully saturated rings. The molecule has 1 aliphatic heterocycles. The van der Waals surface area contributed by atoms with Crippen molar-refractivity contribution in [2.24, 2.45) is 10.7 Å². The molecule has 0 aromatic carbocycles. The van der Waals surface area contributed by atoms with Crippen LogP contribution in [0.15, 0.2) is 50.8 Å². The summed E-state index contributed by atoms with van der Waals surface area (Å²) in [6.45, 7) is 14.7. The first-order valence-corrected chi connectivity index (χ1v) is 11.8. The first kappa shape index (κ1) is 23.5. The number of rotatable bonds is 8. The van der Waals surface area contributed by atoms with E-state index in [0.717, 1.165) is 52.3 Å². The van der Waals surface area contributed by atoms with E-state index in [0.29, 0.717) is 17.1 Å². The van der Waals surface area contributed by atoms with Crippen LogP contribution in [0.1, 0.15) is 65.2 Å². The predicted molar refractivity (Wildman–Crippen MR) is 127 cm³/mol. The number of carbonyl (C=O) groups excluding carboxylic acids is 1. The quantitative estimate of drug-likeness (QED) is 0.386. The van der Waals surface area contributed by atoms with Crippen LogP contribution in [0.2, 0.25) is 0 Å². The first-order valence-electron chi connectivity index (χ1n) is 10.1. The van der Waals surface area contributed by atoms with Gasteiger partial charge >= 0.3 is 5.97 Å². The van der Waals surface area contributed by atoms with Gasteiger partial charge in [0, 0.05) is 22.6 Å². The van der Waals surface area contributed by atoms with Crippen LogP contribution in [-0.4, -0.2) is 23.2 Å². The molecule has 0 aliphatic carbocycles. The minimum Gasteiger partial charge on any atom is -0.456 e. The number of hydrogen-bond donors (Lipinski definition) is 1. The van der Waals surface area contributed by atoms with E-state index in [1.54, 1.807) is 11.3 Å². The molecule has 0 spiro atoms. The summed E-state index contributed by atoms with van der Waals surface area (Å²) in [4.78, 5) is 18.9. The SMILES string of the molecule is C=C(CCCCC)/C(=C1\C(=NCC)SC(C(=O)OC(C)(C)C)=C1N)c1cccs1. The second kappa shape index (κ2) is 10.3. The largest absolute Gasteiger partial charge is 0.456 e. The summed E-state index contributed by atoms with van der Waals surface area (Å²) in [6, 6.07) is 4.10. The molecule has 2 heterocycles. The minimum absolute atomic E-state index is 0.402. The van der Waals surface area contributed by atoms with Gasteiger partial charge in [-0.2, -0.15) is 0 Å². The van der Waals surface area contributed by atoms with E-state index in [-0.39, 0.29) is 0 Å². The van der Waals surface area contributed by atoms with Gasteiger partial charge in [-0.25, -0.2) is 4.79 Å². The van der Waals surface area contributed by atoms with Crippen molar-refractivity contribution in [1.82, 2.24) is 0 Å². The Labute approximate surface area is 183 Å². The highest BCUT2D eigenvalue weighted by Gasteiger charge is 2.35. The van der Waals surface area contributed by atoms with Crippen molar-refractivity contribution in [2.45, 2.75) is 65.9 Å². The van der Waals surface area contributed by atoms with Gasteiger partial charge < -0.3 is 10.5 Å². The average molecular weight is 433 g/mol. The smallest absolute Gasteiger partial charge is 0.347 e. The molecule has 2 N–H and O–H groups in total. The topological polar surface area (TPSA) is 64.7 Å². The van der Waals surface area contributed by atoms with Gasteiger partial charge in [-0.1, -0.05) is 44.2 Å². The summed E-state index contributed by atoms with van der Waals surface area (Å²) in [5.74, 6) is -0.402. The van der Waals surface area contributed by atoms with Gasteiger partial charge in [0.1, 0.15) is 15.5 Å². The molecular formula is C23H32N2O2S2. The van der Waals surface area contributed by atoms with E-state index in [1.807, 2.05) is 39.1 Å². The maximum atomic E-state index is 12.8. The van der Waals surface area contributed by atoms with Crippen LogP contribution < -0.4 is 5.73 Å². The Bertz CT molecular complexity index is 841. The van der Waals surface area contributed by atoms with Crippen LogP contribution in [0.4, 0.5) is 0 Å². The van der Waals surface area contributed by atoms with Crippen LogP contribution in [0.25, 0.3) is 5.57 Å². The van der Waals surface area contributed by atoms with E-state index in [1.165, 1.54) is 11.8 Å². The van der Waals surface area contributed by atoms with Crippen LogP contribution >= 0.6 is 23.1 Å². The summed E-state index contributed by atoms with van der Waals surface area (Å²) in [7, 11) is 0. The molecule has 0 unspecified atom stereocenters. The molecular weight excluding hydrogens is 400 g/mol. The third-order valence-electron chi connectivity index (χ3n) is 4.27. The van der Waals surface area contributed by atoms with Crippen molar-refractivity contribution in [1.29, 1.82) is 0 Å². The lowest BCUT2D eigenvalue weighted by Gasteiger charge is -2.19. The second-order valence-electron chi connectivity index (χ2n) is 7.91. The number of hydrogen-bond acceptors (Lipinski definition) is 6. The summed E-state index contributed by atoms with van der Waals surface area (Å²) < 4.78 is 5.58. The van der Waals surface area contributed by atoms with E-state index >= 15 is 0 Å². The van der Waals surface area contributed by atoms with Crippen LogP contribution in [-0.2, 0) is 9.53 Å². The molecule has 0 amide bonds. The van der Waals surface area contributed by atoms with Gasteiger partial charge in [0.25, 0.3) is 0 Å². The molecule has 1 aliphatic rings. The second-order valence-corrected chi connectivity index (χ2v) is 9.86. The third-order valence-corrected chi connectivity index (χ3v) is 6.27. The van der Waals surface area contributed by atoms with Crippen molar-refractivity contribution in [2.75, 3.05) is 6.54 Å². The Kier molecular flexibility index (Phi) is 8.34. The maximum Gasteiger partial charge on any atom is 0.347 e. The van der Waals surface area contributed by atoms with Crippen molar-refractivity contribution in [3.05, 3.63) is 50.7 Å². The number of thiophene rings is 1. The molecule has 1 aromatic heterocycles. The summed E-state index contributed by atoms with van der Waals surface area (Å²) in [5.41, 5.74) is 9.27. The van der Waals surface area contributed by atoms with Crippen molar-refractivity contribution < 1.29 is 9.53 Å². The first-order chi connectivity index (χ1) is 13.7. The number of aliphatic imine (C=N–C) groups is 1. The Balaban J connectivity index is 2.59. The van der Waals surface area contributed by atoms with Crippen molar-refractivity contribution in [3.8, 4) is 0 Å². The number of esters is 1. The zero-order valence-corrected chi connectivity index (χ0v) is 19.8. The lowest BCUT2D eigenvalue weighted by Crippen LogP contribution is -2.24. The zero-order chi connectivity index (χ0) is 21.6. The van der Waals surface area contributed by atoms with Gasteiger partial charge in [0.05, 0.1) is 5.70 Å². The third kappa shape index (κ3) is 6.09. The highest BCUT2D eigenvalue weighted by molar-refractivity contribution is 8.19. The monoisotopic (exact) mass is 432 g/mol. The molecule has 0 bridgehead atoms. The fourth-order valence-corrected chi connectivity index (χ4v) is 4.88. The molecule has 0 radical (unpaired) electrons. The molecule has 0 atom stereocenters. The molecule has 4 nitrogen and oxygen atoms in total. The highest BCUT2D eigenvalue weighted by Crippen LogP contribution is 2.44. The van der Waals surface area contributed by atoms with Gasteiger partial charge in [0.2, 0.25) is 0 Å². The number of nitrogens with two attached hydrogens (primary N) is 1. The Morgan fingerprint density at radius 2 is 2.00 bits per heavy atom. The van der Waals surface area contributed by atoms with E-state index < -0.39 is 11.6 Å². The van der Waals surface area contributed by atoms with Crippen molar-refractivity contribution in [3.63, 3.8) is 0 Å². The number of thioether (sulfide) groups is 1. The Hall–Kier alpha value is -1.79. The summed E-state index contributed by atoms with van der Waals surface area (Å²) in [5, 5.41) is 2.81. The van der Waals surface area contributed by atoms with Crippen LogP contribution in [0.5, 0.6) is 0 Å². The number of carbonyl (C=O) groups is 1. The Morgan fingerprint density at radius 3 is 2.55 bits per heavy atom. The average Bonchev–Trinajstić information content (AvgIpc) is 3.25. The normalized spacial score (nSPS) is 17.8. The number of allylic oxidation sites excluding steroid dienone is 3. The fraction of sp³-hybridized carbons (Fsp3) is 0.478. The van der Waals surface area contributed by atoms with Gasteiger partial charge in [-0.15, -0.1) is 11.3 Å². The molecule has 0 saturated heterocycles. The number of nitrogens with zero attached hydrogens (tertiary/aromatic N) is 1. The molecule has 2 rings (SSSR count).